The summed E-state index contributed by atoms with van der Waals surface area (Å²) in [6.07, 6.45) is 0. The summed E-state index contributed by atoms with van der Waals surface area (Å²) in [6.45, 7) is 7.14. The molecule has 0 aliphatic heterocycles. The van der Waals surface area contributed by atoms with Gasteiger partial charge in [-0.2, -0.15) is 10.2 Å². The molecule has 0 bridgehead atoms. The van der Waals surface area contributed by atoms with E-state index >= 15 is 0 Å². The van der Waals surface area contributed by atoms with Crippen molar-refractivity contribution in [1.82, 2.24) is 0 Å². The van der Waals surface area contributed by atoms with E-state index in [1.807, 2.05) is 43.9 Å². The van der Waals surface area contributed by atoms with Gasteiger partial charge < -0.3 is 24.6 Å². The van der Waals surface area contributed by atoms with Crippen LogP contribution in [-0.4, -0.2) is 54.7 Å². The molecular weight excluding hydrogens is 504 g/mol. The van der Waals surface area contributed by atoms with E-state index in [4.69, 9.17) is 9.47 Å². The van der Waals surface area contributed by atoms with Gasteiger partial charge in [-0.1, -0.05) is 0 Å². The maximum absolute atomic E-state index is 10.9. The minimum Gasteiger partial charge on any atom is -0.491 e. The maximum Gasteiger partial charge on any atom is 0.269 e. The minimum atomic E-state index is -0.477. The molecule has 39 heavy (non-hydrogen) atoms. The van der Waals surface area contributed by atoms with Crippen molar-refractivity contribution in [2.24, 2.45) is 20.5 Å². The second-order valence-corrected chi connectivity index (χ2v) is 8.23. The number of hydrogen-bond acceptors (Lipinski definition) is 11. The maximum atomic E-state index is 10.9. The molecule has 0 fully saturated rings. The van der Waals surface area contributed by atoms with Gasteiger partial charge in [0.2, 0.25) is 0 Å². The molecule has 3 rings (SSSR count). The summed E-state index contributed by atoms with van der Waals surface area (Å²) in [5.41, 5.74) is 3.65. The third-order valence-electron chi connectivity index (χ3n) is 5.52. The molecule has 3 aromatic rings. The quantitative estimate of drug-likeness (QED) is 0.139. The SMILES string of the molecule is CCOc1cc(N=Nc2ccc(N(CCO)CCO)cc2C)c(OCC)cc1N=Nc1ccc([N+](=O)[O-])cc1. The van der Waals surface area contributed by atoms with Crippen molar-refractivity contribution in [2.75, 3.05) is 44.4 Å². The molecule has 0 saturated heterocycles. The molecule has 0 atom stereocenters. The number of nitro benzene ring substituents is 1. The van der Waals surface area contributed by atoms with E-state index in [0.717, 1.165) is 11.3 Å². The van der Waals surface area contributed by atoms with Gasteiger partial charge in [0, 0.05) is 43.0 Å². The van der Waals surface area contributed by atoms with Crippen LogP contribution in [0.15, 0.2) is 75.1 Å². The van der Waals surface area contributed by atoms with Crippen LogP contribution in [0.2, 0.25) is 0 Å². The smallest absolute Gasteiger partial charge is 0.269 e. The van der Waals surface area contributed by atoms with E-state index in [1.54, 1.807) is 12.1 Å². The minimum absolute atomic E-state index is 0.0215. The summed E-state index contributed by atoms with van der Waals surface area (Å²) in [6, 6.07) is 14.7. The number of aliphatic hydroxyl groups excluding tert-OH is 2. The Balaban J connectivity index is 1.92. The predicted octanol–water partition coefficient (Wildman–Crippen LogP) is 6.32. The van der Waals surface area contributed by atoms with Crippen LogP contribution in [0.4, 0.5) is 34.1 Å². The zero-order valence-electron chi connectivity index (χ0n) is 22.1. The highest BCUT2D eigenvalue weighted by atomic mass is 16.6. The number of nitro groups is 1. The van der Waals surface area contributed by atoms with E-state index in [1.165, 1.54) is 24.3 Å². The zero-order chi connectivity index (χ0) is 28.2. The van der Waals surface area contributed by atoms with Crippen molar-refractivity contribution >= 4 is 34.1 Å². The summed E-state index contributed by atoms with van der Waals surface area (Å²) >= 11 is 0. The number of non-ortho nitro benzene ring substituents is 1. The fourth-order valence-corrected chi connectivity index (χ4v) is 3.66. The van der Waals surface area contributed by atoms with Crippen molar-refractivity contribution in [3.05, 3.63) is 70.3 Å². The summed E-state index contributed by atoms with van der Waals surface area (Å²) in [4.78, 5) is 12.3. The first-order chi connectivity index (χ1) is 18.9. The van der Waals surface area contributed by atoms with Crippen molar-refractivity contribution in [1.29, 1.82) is 0 Å². The van der Waals surface area contributed by atoms with Crippen LogP contribution in [0.5, 0.6) is 11.5 Å². The number of anilines is 1. The summed E-state index contributed by atoms with van der Waals surface area (Å²) < 4.78 is 11.6. The Bertz CT molecular complexity index is 1310. The lowest BCUT2D eigenvalue weighted by Crippen LogP contribution is -2.29. The highest BCUT2D eigenvalue weighted by Gasteiger charge is 2.14. The molecule has 0 aliphatic carbocycles. The second kappa shape index (κ2) is 14.5. The molecule has 0 aromatic heterocycles. The molecule has 0 spiro atoms. The van der Waals surface area contributed by atoms with Crippen molar-refractivity contribution in [3.63, 3.8) is 0 Å². The third-order valence-corrected chi connectivity index (χ3v) is 5.52. The third kappa shape index (κ3) is 8.03. The lowest BCUT2D eigenvalue weighted by atomic mass is 10.1. The fraction of sp³-hybridized carbons (Fsp3) is 0.333. The van der Waals surface area contributed by atoms with Crippen molar-refractivity contribution in [3.8, 4) is 11.5 Å². The van der Waals surface area contributed by atoms with Gasteiger partial charge in [-0.05, 0) is 56.7 Å². The normalized spacial score (nSPS) is 11.3. The molecule has 2 N–H and O–H groups in total. The van der Waals surface area contributed by atoms with E-state index in [9.17, 15) is 20.3 Å². The van der Waals surface area contributed by atoms with E-state index in [-0.39, 0.29) is 18.9 Å². The Hall–Kier alpha value is -4.42. The van der Waals surface area contributed by atoms with Gasteiger partial charge in [-0.25, -0.2) is 0 Å². The Kier molecular flexibility index (Phi) is 10.8. The molecule has 3 aromatic carbocycles. The van der Waals surface area contributed by atoms with Crippen LogP contribution in [0.25, 0.3) is 0 Å². The zero-order valence-corrected chi connectivity index (χ0v) is 22.1. The van der Waals surface area contributed by atoms with Crippen LogP contribution in [0.3, 0.4) is 0 Å². The number of benzene rings is 3. The first-order valence-electron chi connectivity index (χ1n) is 12.5. The summed E-state index contributed by atoms with van der Waals surface area (Å²) in [7, 11) is 0. The number of hydrogen-bond donors (Lipinski definition) is 2. The highest BCUT2D eigenvalue weighted by Crippen LogP contribution is 2.41. The molecule has 0 aliphatic rings. The van der Waals surface area contributed by atoms with Gasteiger partial charge in [0.25, 0.3) is 5.69 Å². The molecule has 0 saturated carbocycles. The van der Waals surface area contributed by atoms with Crippen molar-refractivity contribution < 1.29 is 24.6 Å². The average molecular weight is 537 g/mol. The van der Waals surface area contributed by atoms with Crippen LogP contribution >= 0.6 is 0 Å². The van der Waals surface area contributed by atoms with E-state index in [2.05, 4.69) is 20.5 Å². The van der Waals surface area contributed by atoms with Crippen LogP contribution in [0.1, 0.15) is 19.4 Å². The van der Waals surface area contributed by atoms with Crippen molar-refractivity contribution in [2.45, 2.75) is 20.8 Å². The van der Waals surface area contributed by atoms with Gasteiger partial charge in [0.05, 0.1) is 42.7 Å². The number of nitrogens with zero attached hydrogens (tertiary/aromatic N) is 6. The number of aryl methyl sites for hydroxylation is 1. The van der Waals surface area contributed by atoms with Gasteiger partial charge in [0.15, 0.2) is 0 Å². The number of aliphatic hydroxyl groups is 2. The first-order valence-corrected chi connectivity index (χ1v) is 12.5. The molecule has 0 amide bonds. The first kappa shape index (κ1) is 29.1. The lowest BCUT2D eigenvalue weighted by Gasteiger charge is -2.23. The summed E-state index contributed by atoms with van der Waals surface area (Å²) in [5.74, 6) is 0.866. The standard InChI is InChI=1S/C27H32N6O6/c1-4-38-26-18-25(31-29-23-11-10-22(16-19(23)3)32(12-14-34)13-15-35)27(39-5-2)17-24(26)30-28-20-6-8-21(9-7-20)33(36)37/h6-11,16-18,34-35H,4-5,12-15H2,1-3H3. The lowest BCUT2D eigenvalue weighted by molar-refractivity contribution is -0.384. The molecule has 0 unspecified atom stereocenters. The van der Waals surface area contributed by atoms with E-state index < -0.39 is 4.92 Å². The Labute approximate surface area is 226 Å². The molecule has 12 nitrogen and oxygen atoms in total. The number of ether oxygens (including phenoxy) is 2. The highest BCUT2D eigenvalue weighted by molar-refractivity contribution is 5.67. The number of rotatable bonds is 14. The molecule has 206 valence electrons. The van der Waals surface area contributed by atoms with Crippen LogP contribution in [-0.2, 0) is 0 Å². The number of azo groups is 2. The van der Waals surface area contributed by atoms with Crippen LogP contribution < -0.4 is 14.4 Å². The largest absolute Gasteiger partial charge is 0.491 e. The Morgan fingerprint density at radius 1 is 0.795 bits per heavy atom. The predicted molar refractivity (Wildman–Crippen MR) is 148 cm³/mol. The molecular formula is C27H32N6O6. The Morgan fingerprint density at radius 2 is 1.33 bits per heavy atom. The van der Waals surface area contributed by atoms with Gasteiger partial charge in [-0.15, -0.1) is 10.2 Å². The topological polar surface area (TPSA) is 155 Å². The fourth-order valence-electron chi connectivity index (χ4n) is 3.66. The Morgan fingerprint density at radius 3 is 1.82 bits per heavy atom. The van der Waals surface area contributed by atoms with Gasteiger partial charge in [0.1, 0.15) is 22.9 Å². The molecule has 0 heterocycles. The molecule has 12 heteroatoms. The van der Waals surface area contributed by atoms with E-state index in [0.29, 0.717) is 60.6 Å². The average Bonchev–Trinajstić information content (AvgIpc) is 2.93. The molecule has 0 radical (unpaired) electrons. The van der Waals surface area contributed by atoms with Gasteiger partial charge >= 0.3 is 0 Å². The summed E-state index contributed by atoms with van der Waals surface area (Å²) in [5, 5.41) is 46.8. The van der Waals surface area contributed by atoms with Crippen LogP contribution in [0, 0.1) is 17.0 Å². The van der Waals surface area contributed by atoms with Gasteiger partial charge in [-0.3, -0.25) is 10.1 Å². The monoisotopic (exact) mass is 536 g/mol. The second-order valence-electron chi connectivity index (χ2n) is 8.23.